The van der Waals surface area contributed by atoms with Gasteiger partial charge in [0.1, 0.15) is 0 Å². The van der Waals surface area contributed by atoms with Gasteiger partial charge in [-0.3, -0.25) is 0 Å². The molecule has 1 heterocycles. The van der Waals surface area contributed by atoms with Crippen LogP contribution in [0.1, 0.15) is 87.0 Å². The molecule has 1 aromatic heterocycles. The first-order valence-corrected chi connectivity index (χ1v) is 28.4. The van der Waals surface area contributed by atoms with Gasteiger partial charge in [0.25, 0.3) is 0 Å². The monoisotopic (exact) mass is 1030 g/mol. The lowest BCUT2D eigenvalue weighted by Crippen LogP contribution is -2.33. The lowest BCUT2D eigenvalue weighted by atomic mass is 9.62. The SMILES string of the molecule is C=CC1=C(/C=C\C)c2ccccc2C12c1cc(C)ccc1-c1c(-n3c4ccccc4c4ccccc43)cccc12.Cc1ccc(C2=CCC(C)C=C2)cc1C(c1ccccc1)(c1ccccc1)c1cc(-c2ccccc2)ccc1C. The Kier molecular flexibility index (Phi) is 12.9. The highest BCUT2D eigenvalue weighted by Crippen LogP contribution is 2.63. The Morgan fingerprint density at radius 2 is 1.10 bits per heavy atom. The van der Waals surface area contributed by atoms with Gasteiger partial charge in [-0.25, -0.2) is 0 Å². The quantitative estimate of drug-likeness (QED) is 0.127. The maximum atomic E-state index is 4.40. The minimum atomic E-state index is -0.496. The number of hydrogen-bond donors (Lipinski definition) is 0. The van der Waals surface area contributed by atoms with E-state index in [1.165, 1.54) is 133 Å². The summed E-state index contributed by atoms with van der Waals surface area (Å²) in [6.45, 7) is 15.5. The van der Waals surface area contributed by atoms with Crippen molar-refractivity contribution in [1.29, 1.82) is 0 Å². The molecule has 1 spiro atoms. The van der Waals surface area contributed by atoms with E-state index in [9.17, 15) is 0 Å². The first kappa shape index (κ1) is 50.2. The first-order valence-electron chi connectivity index (χ1n) is 28.4. The molecule has 3 aliphatic carbocycles. The van der Waals surface area contributed by atoms with Crippen molar-refractivity contribution in [1.82, 2.24) is 4.57 Å². The fraction of sp³-hybridized carbons (Fsp3) is 0.114. The van der Waals surface area contributed by atoms with Crippen LogP contribution in [-0.2, 0) is 10.8 Å². The van der Waals surface area contributed by atoms with Gasteiger partial charge < -0.3 is 4.57 Å². The van der Waals surface area contributed by atoms with Crippen LogP contribution in [0.3, 0.4) is 0 Å². The Bertz CT molecular complexity index is 4240. The van der Waals surface area contributed by atoms with Gasteiger partial charge in [0.05, 0.1) is 27.6 Å². The predicted molar refractivity (Wildman–Crippen MR) is 340 cm³/mol. The van der Waals surface area contributed by atoms with Gasteiger partial charge in [0.2, 0.25) is 0 Å². The summed E-state index contributed by atoms with van der Waals surface area (Å²) >= 11 is 0. The highest BCUT2D eigenvalue weighted by molar-refractivity contribution is 6.10. The van der Waals surface area contributed by atoms with E-state index >= 15 is 0 Å². The number of nitrogens with zero attached hydrogens (tertiary/aromatic N) is 1. The molecule has 80 heavy (non-hydrogen) atoms. The van der Waals surface area contributed by atoms with Crippen LogP contribution in [0.2, 0.25) is 0 Å². The fourth-order valence-corrected chi connectivity index (χ4v) is 13.9. The number of para-hydroxylation sites is 2. The third-order valence-electron chi connectivity index (χ3n) is 17.4. The van der Waals surface area contributed by atoms with Crippen LogP contribution in [0, 0.1) is 26.7 Å². The number of fused-ring (bicyclic) bond motifs is 10. The van der Waals surface area contributed by atoms with Crippen molar-refractivity contribution >= 4 is 33.0 Å². The van der Waals surface area contributed by atoms with Gasteiger partial charge in [0.15, 0.2) is 0 Å². The number of aryl methyl sites for hydroxylation is 3. The summed E-state index contributed by atoms with van der Waals surface area (Å²) in [4.78, 5) is 0. The molecule has 0 saturated heterocycles. The van der Waals surface area contributed by atoms with Crippen LogP contribution in [0.25, 0.3) is 60.9 Å². The van der Waals surface area contributed by atoms with Gasteiger partial charge in [-0.1, -0.05) is 262 Å². The molecule has 0 N–H and O–H groups in total. The topological polar surface area (TPSA) is 4.93 Å². The lowest BCUT2D eigenvalue weighted by molar-refractivity contribution is 0.731. The lowest BCUT2D eigenvalue weighted by Gasteiger charge is -2.39. The second kappa shape index (κ2) is 20.5. The number of allylic oxidation sites excluding steroid dienone is 9. The van der Waals surface area contributed by atoms with E-state index in [4.69, 9.17) is 0 Å². The zero-order valence-electron chi connectivity index (χ0n) is 46.4. The maximum absolute atomic E-state index is 4.40. The van der Waals surface area contributed by atoms with Crippen molar-refractivity contribution in [2.24, 2.45) is 5.92 Å². The van der Waals surface area contributed by atoms with Crippen LogP contribution in [0.15, 0.2) is 285 Å². The standard InChI is InChI=1S/C40H36.C39H29N/c1-29-19-23-33(24-20-29)35-26-22-31(3)39(28-35)40(36-15-9-5-10-16-36,37-17-11-6-12-18-37)38-27-34(25-21-30(38)2)32-13-7-4-8-14-32;1-4-13-26-27-14-6-9-17-32(27)39(31(26)5-2)33-18-12-21-37(38(33)30-23-22-25(3)24-34(30)39)40-35-19-10-7-15-28(35)29-16-8-11-20-36(29)40/h4-19,21-29H,20H2,1-3H3;4-24H,2H2,1,3H3/b;13-4-. The molecular formula is C79H65N. The maximum Gasteiger partial charge on any atom is 0.0726 e. The number of aromatic nitrogens is 1. The van der Waals surface area contributed by atoms with Crippen LogP contribution < -0.4 is 0 Å². The van der Waals surface area contributed by atoms with E-state index in [2.05, 4.69) is 319 Å². The Hall–Kier alpha value is -9.30. The number of benzene rings is 10. The van der Waals surface area contributed by atoms with Crippen LogP contribution >= 0.6 is 0 Å². The van der Waals surface area contributed by atoms with Crippen molar-refractivity contribution in [3.05, 3.63) is 352 Å². The van der Waals surface area contributed by atoms with Gasteiger partial charge >= 0.3 is 0 Å². The minimum Gasteiger partial charge on any atom is -0.309 e. The highest BCUT2D eigenvalue weighted by atomic mass is 15.0. The van der Waals surface area contributed by atoms with Gasteiger partial charge in [-0.2, -0.15) is 0 Å². The summed E-state index contributed by atoms with van der Waals surface area (Å²) in [7, 11) is 0. The summed E-state index contributed by atoms with van der Waals surface area (Å²) in [5.74, 6) is 0.588. The smallest absolute Gasteiger partial charge is 0.0726 e. The molecule has 14 rings (SSSR count). The summed E-state index contributed by atoms with van der Waals surface area (Å²) in [5, 5.41) is 2.56. The first-order chi connectivity index (χ1) is 39.3. The van der Waals surface area contributed by atoms with Crippen molar-refractivity contribution in [2.45, 2.75) is 51.9 Å². The van der Waals surface area contributed by atoms with E-state index in [0.29, 0.717) is 5.92 Å². The molecule has 3 aliphatic rings. The normalized spacial score (nSPS) is 16.2. The van der Waals surface area contributed by atoms with Gasteiger partial charge in [0, 0.05) is 16.3 Å². The summed E-state index contributed by atoms with van der Waals surface area (Å²) < 4.78 is 2.47. The second-order valence-corrected chi connectivity index (χ2v) is 22.1. The third-order valence-corrected chi connectivity index (χ3v) is 17.4. The van der Waals surface area contributed by atoms with Crippen LogP contribution in [0.5, 0.6) is 0 Å². The molecule has 1 heteroatoms. The van der Waals surface area contributed by atoms with Crippen molar-refractivity contribution in [3.63, 3.8) is 0 Å². The van der Waals surface area contributed by atoms with E-state index < -0.39 is 10.8 Å². The molecule has 0 amide bonds. The second-order valence-electron chi connectivity index (χ2n) is 22.1. The summed E-state index contributed by atoms with van der Waals surface area (Å²) in [5.41, 5.74) is 27.3. The zero-order chi connectivity index (χ0) is 54.5. The molecule has 386 valence electrons. The molecule has 0 radical (unpaired) electrons. The van der Waals surface area contributed by atoms with E-state index in [0.717, 1.165) is 6.42 Å². The van der Waals surface area contributed by atoms with Crippen LogP contribution in [-0.4, -0.2) is 4.57 Å². The molecule has 10 aromatic carbocycles. The van der Waals surface area contributed by atoms with Crippen molar-refractivity contribution in [3.8, 4) is 27.9 Å². The van der Waals surface area contributed by atoms with E-state index in [1.54, 1.807) is 0 Å². The summed E-state index contributed by atoms with van der Waals surface area (Å²) in [6.07, 6.45) is 14.6. The molecule has 0 aliphatic heterocycles. The van der Waals surface area contributed by atoms with Crippen molar-refractivity contribution < 1.29 is 0 Å². The Balaban J connectivity index is 0.000000151. The molecule has 0 bridgehead atoms. The zero-order valence-corrected chi connectivity index (χ0v) is 46.4. The summed E-state index contributed by atoms with van der Waals surface area (Å²) in [6, 6.07) is 87.3. The third kappa shape index (κ3) is 7.90. The Morgan fingerprint density at radius 1 is 0.525 bits per heavy atom. The minimum absolute atomic E-state index is 0.418. The fourth-order valence-electron chi connectivity index (χ4n) is 13.9. The van der Waals surface area contributed by atoms with Gasteiger partial charge in [-0.15, -0.1) is 0 Å². The van der Waals surface area contributed by atoms with Crippen molar-refractivity contribution in [2.75, 3.05) is 0 Å². The molecule has 1 nitrogen and oxygen atoms in total. The van der Waals surface area contributed by atoms with E-state index in [-0.39, 0.29) is 0 Å². The number of rotatable bonds is 9. The molecule has 11 aromatic rings. The average Bonchev–Trinajstić information content (AvgIpc) is 4.32. The Labute approximate surface area is 472 Å². The van der Waals surface area contributed by atoms with Gasteiger partial charge in [-0.05, 0) is 165 Å². The predicted octanol–water partition coefficient (Wildman–Crippen LogP) is 20.3. The largest absolute Gasteiger partial charge is 0.309 e. The van der Waals surface area contributed by atoms with E-state index in [1.807, 2.05) is 0 Å². The molecule has 2 atom stereocenters. The highest BCUT2D eigenvalue weighted by Gasteiger charge is 2.52. The number of hydrogen-bond acceptors (Lipinski definition) is 0. The Morgan fingerprint density at radius 3 is 1.73 bits per heavy atom. The molecule has 2 unspecified atom stereocenters. The molecule has 0 fully saturated rings. The average molecular weight is 1030 g/mol. The van der Waals surface area contributed by atoms with Crippen LogP contribution in [0.4, 0.5) is 0 Å². The molecule has 0 saturated carbocycles. The molecular weight excluding hydrogens is 963 g/mol.